The first-order valence-corrected chi connectivity index (χ1v) is 3.98. The first kappa shape index (κ1) is 11.0. The minimum atomic E-state index is 0.0958. The van der Waals surface area contributed by atoms with Gasteiger partial charge in [-0.25, -0.2) is 0 Å². The number of nitrogens with zero attached hydrogens (tertiary/aromatic N) is 2. The topological polar surface area (TPSA) is 82.1 Å². The van der Waals surface area contributed by atoms with E-state index in [0.717, 1.165) is 0 Å². The molecule has 0 aromatic rings. The van der Waals surface area contributed by atoms with Gasteiger partial charge in [-0.15, -0.1) is 0 Å². The molecule has 0 rings (SSSR count). The average Bonchev–Trinajstić information content (AvgIpc) is 2.04. The molecule has 0 aliphatic carbocycles. The minimum Gasteiger partial charge on any atom is -0.408 e. The van der Waals surface area contributed by atoms with Crippen molar-refractivity contribution in [3.8, 4) is 0 Å². The Hall–Kier alpha value is -0.970. The summed E-state index contributed by atoms with van der Waals surface area (Å²) in [6.07, 6.45) is 0.619. The van der Waals surface area contributed by atoms with Gasteiger partial charge in [0.1, 0.15) is 0 Å². The number of guanidine groups is 1. The van der Waals surface area contributed by atoms with Gasteiger partial charge in [-0.2, -0.15) is 0 Å². The summed E-state index contributed by atoms with van der Waals surface area (Å²) in [7, 11) is 0. The lowest BCUT2D eigenvalue weighted by molar-refractivity contribution is 0.243. The Labute approximate surface area is 72.5 Å². The van der Waals surface area contributed by atoms with Crippen molar-refractivity contribution in [1.29, 1.82) is 0 Å². The maximum atomic E-state index is 8.58. The second-order valence-corrected chi connectivity index (χ2v) is 2.82. The highest BCUT2D eigenvalue weighted by Gasteiger charge is 2.10. The molecule has 72 valence electrons. The lowest BCUT2D eigenvalue weighted by Gasteiger charge is -2.26. The third-order valence-electron chi connectivity index (χ3n) is 1.58. The molecule has 0 unspecified atom stereocenters. The van der Waals surface area contributed by atoms with Crippen LogP contribution >= 0.6 is 0 Å². The summed E-state index contributed by atoms with van der Waals surface area (Å²) in [5.74, 6) is 0.0958. The second-order valence-electron chi connectivity index (χ2n) is 2.82. The van der Waals surface area contributed by atoms with Gasteiger partial charge >= 0.3 is 0 Å². The molecular formula is C7H17N3O2. The molecule has 0 spiro atoms. The molecule has 0 aromatic heterocycles. The van der Waals surface area contributed by atoms with Crippen LogP contribution in [-0.2, 0) is 0 Å². The second kappa shape index (κ2) is 5.65. The van der Waals surface area contributed by atoms with Crippen LogP contribution in [0.5, 0.6) is 0 Å². The number of rotatable bonds is 4. The van der Waals surface area contributed by atoms with E-state index < -0.39 is 0 Å². The molecule has 0 radical (unpaired) electrons. The molecule has 5 heteroatoms. The monoisotopic (exact) mass is 175 g/mol. The van der Waals surface area contributed by atoms with Crippen molar-refractivity contribution >= 4 is 5.96 Å². The Morgan fingerprint density at radius 1 is 1.58 bits per heavy atom. The minimum absolute atomic E-state index is 0.0958. The van der Waals surface area contributed by atoms with Crippen LogP contribution in [0.25, 0.3) is 0 Å². The summed E-state index contributed by atoms with van der Waals surface area (Å²) in [5, 5.41) is 19.9. The highest BCUT2D eigenvalue weighted by Crippen LogP contribution is 1.98. The molecule has 0 bridgehead atoms. The number of hydrogen-bond acceptors (Lipinski definition) is 3. The molecule has 0 atom stereocenters. The third-order valence-corrected chi connectivity index (χ3v) is 1.58. The lowest BCUT2D eigenvalue weighted by Crippen LogP contribution is -2.42. The smallest absolute Gasteiger partial charge is 0.233 e. The zero-order chi connectivity index (χ0) is 9.56. The third kappa shape index (κ3) is 3.43. The van der Waals surface area contributed by atoms with Gasteiger partial charge in [-0.1, -0.05) is 5.16 Å². The van der Waals surface area contributed by atoms with Crippen LogP contribution in [0.1, 0.15) is 20.3 Å². The molecule has 0 aliphatic heterocycles. The van der Waals surface area contributed by atoms with Gasteiger partial charge in [-0.3, -0.25) is 0 Å². The SMILES string of the molecule is CC(C)N(CCCO)C(N)=NO. The van der Waals surface area contributed by atoms with Crippen molar-refractivity contribution in [3.63, 3.8) is 0 Å². The zero-order valence-corrected chi connectivity index (χ0v) is 7.56. The van der Waals surface area contributed by atoms with E-state index in [2.05, 4.69) is 5.16 Å². The Morgan fingerprint density at radius 2 is 2.17 bits per heavy atom. The van der Waals surface area contributed by atoms with Crippen LogP contribution in [0.4, 0.5) is 0 Å². The molecule has 4 N–H and O–H groups in total. The number of nitrogens with two attached hydrogens (primary N) is 1. The Bertz CT molecular complexity index is 148. The molecule has 0 heterocycles. The highest BCUT2D eigenvalue weighted by molar-refractivity contribution is 5.77. The van der Waals surface area contributed by atoms with Crippen molar-refractivity contribution in [3.05, 3.63) is 0 Å². The van der Waals surface area contributed by atoms with Gasteiger partial charge in [0.15, 0.2) is 0 Å². The molecule has 12 heavy (non-hydrogen) atoms. The fourth-order valence-corrected chi connectivity index (χ4v) is 0.936. The van der Waals surface area contributed by atoms with Gasteiger partial charge in [0.05, 0.1) is 0 Å². The first-order chi connectivity index (χ1) is 5.63. The van der Waals surface area contributed by atoms with E-state index in [1.54, 1.807) is 4.90 Å². The summed E-state index contributed by atoms with van der Waals surface area (Å²) in [6, 6.07) is 0.174. The summed E-state index contributed by atoms with van der Waals surface area (Å²) in [5.41, 5.74) is 5.40. The molecule has 0 fully saturated rings. The molecule has 5 nitrogen and oxygen atoms in total. The number of aliphatic hydroxyl groups excluding tert-OH is 1. The quantitative estimate of drug-likeness (QED) is 0.239. The van der Waals surface area contributed by atoms with E-state index >= 15 is 0 Å². The molecule has 0 amide bonds. The van der Waals surface area contributed by atoms with Crippen LogP contribution in [0.3, 0.4) is 0 Å². The summed E-state index contributed by atoms with van der Waals surface area (Å²) >= 11 is 0. The molecule has 0 aliphatic rings. The fraction of sp³-hybridized carbons (Fsp3) is 0.857. The van der Waals surface area contributed by atoms with E-state index in [1.165, 1.54) is 0 Å². The van der Waals surface area contributed by atoms with E-state index in [1.807, 2.05) is 13.8 Å². The van der Waals surface area contributed by atoms with E-state index in [9.17, 15) is 0 Å². The summed E-state index contributed by atoms with van der Waals surface area (Å²) in [6.45, 7) is 4.59. The lowest BCUT2D eigenvalue weighted by atomic mass is 10.3. The molecule has 0 saturated heterocycles. The summed E-state index contributed by atoms with van der Waals surface area (Å²) < 4.78 is 0. The van der Waals surface area contributed by atoms with Gasteiger partial charge in [-0.05, 0) is 20.3 Å². The molecular weight excluding hydrogens is 158 g/mol. The zero-order valence-electron chi connectivity index (χ0n) is 7.56. The fourth-order valence-electron chi connectivity index (χ4n) is 0.936. The normalized spacial score (nSPS) is 12.2. The summed E-state index contributed by atoms with van der Waals surface area (Å²) in [4.78, 5) is 1.72. The van der Waals surface area contributed by atoms with Crippen molar-refractivity contribution in [2.75, 3.05) is 13.2 Å². The number of oxime groups is 1. The van der Waals surface area contributed by atoms with Crippen LogP contribution in [0, 0.1) is 0 Å². The standard InChI is InChI=1S/C7H17N3O2/c1-6(2)10(4-3-5-11)7(8)9-12/h6,11-12H,3-5H2,1-2H3,(H2,8,9). The predicted molar refractivity (Wildman–Crippen MR) is 47.0 cm³/mol. The molecule has 0 saturated carbocycles. The van der Waals surface area contributed by atoms with Crippen molar-refractivity contribution in [1.82, 2.24) is 4.90 Å². The maximum absolute atomic E-state index is 8.58. The van der Waals surface area contributed by atoms with E-state index in [-0.39, 0.29) is 18.6 Å². The van der Waals surface area contributed by atoms with Gasteiger partial charge in [0.25, 0.3) is 0 Å². The van der Waals surface area contributed by atoms with Crippen LogP contribution in [0.15, 0.2) is 5.16 Å². The maximum Gasteiger partial charge on any atom is 0.233 e. The first-order valence-electron chi connectivity index (χ1n) is 3.98. The van der Waals surface area contributed by atoms with E-state index in [4.69, 9.17) is 16.0 Å². The Morgan fingerprint density at radius 3 is 2.50 bits per heavy atom. The largest absolute Gasteiger partial charge is 0.408 e. The van der Waals surface area contributed by atoms with Crippen LogP contribution in [-0.4, -0.2) is 40.4 Å². The van der Waals surface area contributed by atoms with Crippen LogP contribution < -0.4 is 5.73 Å². The molecule has 0 aromatic carbocycles. The van der Waals surface area contributed by atoms with Gasteiger partial charge in [0.2, 0.25) is 5.96 Å². The van der Waals surface area contributed by atoms with Gasteiger partial charge in [0, 0.05) is 19.2 Å². The number of hydrogen-bond donors (Lipinski definition) is 3. The van der Waals surface area contributed by atoms with Crippen LogP contribution in [0.2, 0.25) is 0 Å². The van der Waals surface area contributed by atoms with Crippen molar-refractivity contribution in [2.45, 2.75) is 26.3 Å². The Balaban J connectivity index is 4.04. The highest BCUT2D eigenvalue weighted by atomic mass is 16.4. The Kier molecular flexibility index (Phi) is 5.19. The van der Waals surface area contributed by atoms with Crippen molar-refractivity contribution < 1.29 is 10.3 Å². The predicted octanol–water partition coefficient (Wildman–Crippen LogP) is -0.217. The van der Waals surface area contributed by atoms with Gasteiger partial charge < -0.3 is 20.9 Å². The van der Waals surface area contributed by atoms with E-state index in [0.29, 0.717) is 13.0 Å². The number of aliphatic hydroxyl groups is 1. The average molecular weight is 175 g/mol. The van der Waals surface area contributed by atoms with Crippen molar-refractivity contribution in [2.24, 2.45) is 10.9 Å².